The lowest BCUT2D eigenvalue weighted by atomic mass is 10.0. The van der Waals surface area contributed by atoms with Crippen molar-refractivity contribution in [2.75, 3.05) is 14.1 Å². The quantitative estimate of drug-likeness (QED) is 0.817. The number of hydrogen-bond acceptors (Lipinski definition) is 3. The summed E-state index contributed by atoms with van der Waals surface area (Å²) in [7, 11) is 3.83. The fourth-order valence-electron chi connectivity index (χ4n) is 1.68. The normalized spacial score (nSPS) is 13.1. The Balaban J connectivity index is 3.01. The maximum Gasteiger partial charge on any atom is 0.165 e. The Kier molecular flexibility index (Phi) is 4.26. The van der Waals surface area contributed by atoms with Crippen LogP contribution in [0.5, 0.6) is 5.75 Å². The van der Waals surface area contributed by atoms with Gasteiger partial charge < -0.3 is 15.7 Å². The Morgan fingerprint density at radius 2 is 2.06 bits per heavy atom. The fraction of sp³-hybridized carbons (Fsp3) is 0.500. The largest absolute Gasteiger partial charge is 0.505 e. The topological polar surface area (TPSA) is 49.5 Å². The molecule has 90 valence electrons. The van der Waals surface area contributed by atoms with Gasteiger partial charge in [-0.15, -0.1) is 0 Å². The number of phenolic OH excluding ortho intramolecular Hbond substituents is 1. The second-order valence-electron chi connectivity index (χ2n) is 4.50. The van der Waals surface area contributed by atoms with E-state index in [2.05, 4.69) is 0 Å². The van der Waals surface area contributed by atoms with E-state index in [1.165, 1.54) is 6.07 Å². The van der Waals surface area contributed by atoms with E-state index in [9.17, 15) is 9.50 Å². The highest BCUT2D eigenvalue weighted by molar-refractivity contribution is 5.38. The van der Waals surface area contributed by atoms with Gasteiger partial charge in [0.1, 0.15) is 0 Å². The average Bonchev–Trinajstić information content (AvgIpc) is 2.11. The Morgan fingerprint density at radius 3 is 2.56 bits per heavy atom. The Bertz CT molecular complexity index is 364. The molecule has 0 spiro atoms. The minimum Gasteiger partial charge on any atom is -0.505 e. The summed E-state index contributed by atoms with van der Waals surface area (Å²) in [6.07, 6.45) is 0.476. The third-order valence-corrected chi connectivity index (χ3v) is 2.24. The highest BCUT2D eigenvalue weighted by Gasteiger charge is 2.11. The highest BCUT2D eigenvalue weighted by Crippen LogP contribution is 2.24. The van der Waals surface area contributed by atoms with Crippen molar-refractivity contribution in [3.8, 4) is 5.75 Å². The summed E-state index contributed by atoms with van der Waals surface area (Å²) in [4.78, 5) is 1.95. The van der Waals surface area contributed by atoms with Gasteiger partial charge in [0.05, 0.1) is 0 Å². The lowest BCUT2D eigenvalue weighted by Gasteiger charge is -2.14. The predicted molar refractivity (Wildman–Crippen MR) is 62.8 cm³/mol. The summed E-state index contributed by atoms with van der Waals surface area (Å²) in [5.74, 6) is -0.852. The number of halogens is 1. The molecule has 3 nitrogen and oxygen atoms in total. The van der Waals surface area contributed by atoms with Gasteiger partial charge in [-0.25, -0.2) is 4.39 Å². The molecular formula is C12H19FN2O. The van der Waals surface area contributed by atoms with Crippen molar-refractivity contribution in [1.29, 1.82) is 0 Å². The van der Waals surface area contributed by atoms with Gasteiger partial charge >= 0.3 is 0 Å². The molecule has 1 aromatic rings. The van der Waals surface area contributed by atoms with Crippen molar-refractivity contribution in [3.05, 3.63) is 29.1 Å². The molecule has 0 aliphatic rings. The van der Waals surface area contributed by atoms with Crippen LogP contribution in [0.4, 0.5) is 4.39 Å². The number of hydrogen-bond donors (Lipinski definition) is 2. The van der Waals surface area contributed by atoms with Crippen molar-refractivity contribution >= 4 is 0 Å². The predicted octanol–water partition coefficient (Wildman–Crippen LogP) is 1.48. The molecule has 1 rings (SSSR count). The molecule has 4 heteroatoms. The van der Waals surface area contributed by atoms with Gasteiger partial charge in [-0.1, -0.05) is 6.07 Å². The van der Waals surface area contributed by atoms with Crippen LogP contribution in [0.25, 0.3) is 0 Å². The first-order valence-electron chi connectivity index (χ1n) is 5.30. The van der Waals surface area contributed by atoms with Crippen LogP contribution in [0.3, 0.4) is 0 Å². The third-order valence-electron chi connectivity index (χ3n) is 2.24. The van der Waals surface area contributed by atoms with Crippen LogP contribution in [0, 0.1) is 5.82 Å². The van der Waals surface area contributed by atoms with Crippen LogP contribution in [-0.2, 0) is 13.0 Å². The lowest BCUT2D eigenvalue weighted by molar-refractivity contribution is 0.395. The number of nitrogens with zero attached hydrogens (tertiary/aromatic N) is 1. The minimum atomic E-state index is -0.574. The standard InChI is InChI=1S/C12H19FN2O/c1-8(14)4-10-5-9(7-15(2)3)6-11(13)12(10)16/h5-6,8,16H,4,7,14H2,1-3H3. The van der Waals surface area contributed by atoms with E-state index in [-0.39, 0.29) is 11.8 Å². The Labute approximate surface area is 95.7 Å². The highest BCUT2D eigenvalue weighted by atomic mass is 19.1. The molecule has 0 amide bonds. The summed E-state index contributed by atoms with van der Waals surface area (Å²) in [5, 5.41) is 9.56. The van der Waals surface area contributed by atoms with Crippen LogP contribution in [0.1, 0.15) is 18.1 Å². The number of nitrogens with two attached hydrogens (primary N) is 1. The zero-order valence-corrected chi connectivity index (χ0v) is 10.00. The van der Waals surface area contributed by atoms with Crippen LogP contribution in [-0.4, -0.2) is 30.1 Å². The number of aromatic hydroxyl groups is 1. The average molecular weight is 226 g/mol. The van der Waals surface area contributed by atoms with Gasteiger partial charge in [0.2, 0.25) is 0 Å². The fourth-order valence-corrected chi connectivity index (χ4v) is 1.68. The van der Waals surface area contributed by atoms with Gasteiger partial charge in [-0.3, -0.25) is 0 Å². The third kappa shape index (κ3) is 3.47. The van der Waals surface area contributed by atoms with Gasteiger partial charge in [0.25, 0.3) is 0 Å². The number of phenols is 1. The van der Waals surface area contributed by atoms with Crippen LogP contribution in [0.2, 0.25) is 0 Å². The van der Waals surface area contributed by atoms with Crippen LogP contribution >= 0.6 is 0 Å². The van der Waals surface area contributed by atoms with Crippen LogP contribution in [0.15, 0.2) is 12.1 Å². The van der Waals surface area contributed by atoms with E-state index in [1.54, 1.807) is 0 Å². The van der Waals surface area contributed by atoms with Crippen molar-refractivity contribution in [2.24, 2.45) is 5.73 Å². The van der Waals surface area contributed by atoms with Gasteiger partial charge in [-0.2, -0.15) is 0 Å². The first kappa shape index (κ1) is 12.9. The first-order chi connectivity index (χ1) is 7.40. The van der Waals surface area contributed by atoms with E-state index in [0.717, 1.165) is 5.56 Å². The first-order valence-corrected chi connectivity index (χ1v) is 5.30. The van der Waals surface area contributed by atoms with E-state index < -0.39 is 5.82 Å². The summed E-state index contributed by atoms with van der Waals surface area (Å²) in [6.45, 7) is 2.47. The van der Waals surface area contributed by atoms with Crippen molar-refractivity contribution in [2.45, 2.75) is 25.9 Å². The molecular weight excluding hydrogens is 207 g/mol. The molecule has 1 unspecified atom stereocenters. The number of benzene rings is 1. The molecule has 0 saturated heterocycles. The molecule has 1 aromatic carbocycles. The molecule has 0 saturated carbocycles. The second-order valence-corrected chi connectivity index (χ2v) is 4.50. The van der Waals surface area contributed by atoms with Gasteiger partial charge in [0.15, 0.2) is 11.6 Å². The van der Waals surface area contributed by atoms with E-state index in [4.69, 9.17) is 5.73 Å². The molecule has 0 aromatic heterocycles. The Hall–Kier alpha value is -1.13. The van der Waals surface area contributed by atoms with E-state index in [0.29, 0.717) is 18.5 Å². The summed E-state index contributed by atoms with van der Waals surface area (Å²) < 4.78 is 13.4. The Morgan fingerprint density at radius 1 is 1.44 bits per heavy atom. The number of rotatable bonds is 4. The van der Waals surface area contributed by atoms with Crippen molar-refractivity contribution in [1.82, 2.24) is 4.90 Å². The zero-order valence-electron chi connectivity index (χ0n) is 10.00. The molecule has 0 aliphatic carbocycles. The van der Waals surface area contributed by atoms with Crippen molar-refractivity contribution in [3.63, 3.8) is 0 Å². The second kappa shape index (κ2) is 5.27. The van der Waals surface area contributed by atoms with E-state index in [1.807, 2.05) is 32.0 Å². The molecule has 16 heavy (non-hydrogen) atoms. The van der Waals surface area contributed by atoms with E-state index >= 15 is 0 Å². The summed E-state index contributed by atoms with van der Waals surface area (Å²) in [5.41, 5.74) is 7.07. The molecule has 0 radical (unpaired) electrons. The SMILES string of the molecule is CC(N)Cc1cc(CN(C)C)cc(F)c1O. The summed E-state index contributed by atoms with van der Waals surface area (Å²) in [6, 6.07) is 3.07. The summed E-state index contributed by atoms with van der Waals surface area (Å²) >= 11 is 0. The van der Waals surface area contributed by atoms with Gasteiger partial charge in [0, 0.05) is 12.6 Å². The molecule has 0 aliphatic heterocycles. The molecule has 0 fully saturated rings. The molecule has 0 bridgehead atoms. The molecule has 0 heterocycles. The van der Waals surface area contributed by atoms with Crippen molar-refractivity contribution < 1.29 is 9.50 Å². The van der Waals surface area contributed by atoms with Crippen LogP contribution < -0.4 is 5.73 Å². The lowest BCUT2D eigenvalue weighted by Crippen LogP contribution is -2.18. The zero-order chi connectivity index (χ0) is 12.3. The smallest absolute Gasteiger partial charge is 0.165 e. The maximum absolute atomic E-state index is 13.4. The maximum atomic E-state index is 13.4. The molecule has 3 N–H and O–H groups in total. The molecule has 1 atom stereocenters. The minimum absolute atomic E-state index is 0.0973. The van der Waals surface area contributed by atoms with Gasteiger partial charge in [-0.05, 0) is 44.6 Å². The monoisotopic (exact) mass is 226 g/mol.